The fraction of sp³-hybridized carbons (Fsp3) is 0.467. The highest BCUT2D eigenvalue weighted by Crippen LogP contribution is 2.34. The molecule has 0 atom stereocenters. The Balaban J connectivity index is 1.87. The number of rotatable bonds is 2. The molecular formula is C15H15F3N2O3. The summed E-state index contributed by atoms with van der Waals surface area (Å²) in [4.78, 5) is 25.5. The van der Waals surface area contributed by atoms with Gasteiger partial charge in [0.05, 0.1) is 12.1 Å². The van der Waals surface area contributed by atoms with Gasteiger partial charge in [-0.2, -0.15) is 13.2 Å². The van der Waals surface area contributed by atoms with Crippen LogP contribution >= 0.6 is 0 Å². The van der Waals surface area contributed by atoms with E-state index in [-0.39, 0.29) is 5.56 Å². The number of ether oxygens (including phenoxy) is 1. The molecule has 0 unspecified atom stereocenters. The molecule has 8 heteroatoms. The number of halogens is 3. The first-order valence-electron chi connectivity index (χ1n) is 7.20. The van der Waals surface area contributed by atoms with Crippen molar-refractivity contribution in [1.82, 2.24) is 10.2 Å². The molecule has 2 saturated heterocycles. The van der Waals surface area contributed by atoms with Crippen molar-refractivity contribution in [2.24, 2.45) is 0 Å². The minimum atomic E-state index is -4.54. The summed E-state index contributed by atoms with van der Waals surface area (Å²) in [6, 6.07) is 4.29. The maximum absolute atomic E-state index is 13.0. The number of hydrogen-bond acceptors (Lipinski definition) is 3. The first-order valence-corrected chi connectivity index (χ1v) is 7.20. The van der Waals surface area contributed by atoms with E-state index in [1.807, 2.05) is 0 Å². The Hall–Kier alpha value is -2.09. The standard InChI is InChI=1S/C15H15F3N2O3/c16-15(17,18)11-4-2-1-3-10(11)9-20-12(21)14(19-13(20)22)5-7-23-8-6-14/h1-4H,5-9H2,(H,19,22). The summed E-state index contributed by atoms with van der Waals surface area (Å²) in [5, 5.41) is 2.62. The molecule has 3 amide bonds. The van der Waals surface area contributed by atoms with E-state index in [4.69, 9.17) is 4.74 Å². The quantitative estimate of drug-likeness (QED) is 0.848. The predicted octanol–water partition coefficient (Wildman–Crippen LogP) is 2.31. The molecule has 1 spiro atoms. The summed E-state index contributed by atoms with van der Waals surface area (Å²) in [6.45, 7) is 0.265. The molecule has 5 nitrogen and oxygen atoms in total. The fourth-order valence-electron chi connectivity index (χ4n) is 2.98. The average Bonchev–Trinajstić information content (AvgIpc) is 2.72. The van der Waals surface area contributed by atoms with Crippen LogP contribution in [0.15, 0.2) is 24.3 Å². The first kappa shape index (κ1) is 15.8. The largest absolute Gasteiger partial charge is 0.416 e. The Morgan fingerprint density at radius 2 is 1.83 bits per heavy atom. The highest BCUT2D eigenvalue weighted by atomic mass is 19.4. The van der Waals surface area contributed by atoms with Crippen molar-refractivity contribution in [3.05, 3.63) is 35.4 Å². The monoisotopic (exact) mass is 328 g/mol. The van der Waals surface area contributed by atoms with Gasteiger partial charge in [0.2, 0.25) is 0 Å². The van der Waals surface area contributed by atoms with Crippen LogP contribution in [0.2, 0.25) is 0 Å². The average molecular weight is 328 g/mol. The van der Waals surface area contributed by atoms with Gasteiger partial charge in [-0.05, 0) is 11.6 Å². The summed E-state index contributed by atoms with van der Waals surface area (Å²) in [6.07, 6.45) is -3.88. The summed E-state index contributed by atoms with van der Waals surface area (Å²) in [5.74, 6) is -0.484. The van der Waals surface area contributed by atoms with Crippen LogP contribution in [0.1, 0.15) is 24.0 Å². The van der Waals surface area contributed by atoms with Gasteiger partial charge in [0.25, 0.3) is 5.91 Å². The van der Waals surface area contributed by atoms with Gasteiger partial charge in [-0.1, -0.05) is 18.2 Å². The number of urea groups is 1. The van der Waals surface area contributed by atoms with Gasteiger partial charge in [-0.3, -0.25) is 9.69 Å². The lowest BCUT2D eigenvalue weighted by molar-refractivity contribution is -0.140. The molecule has 2 aliphatic rings. The second-order valence-electron chi connectivity index (χ2n) is 5.67. The maximum Gasteiger partial charge on any atom is 0.416 e. The minimum absolute atomic E-state index is 0.104. The van der Waals surface area contributed by atoms with E-state index in [1.165, 1.54) is 18.2 Å². The first-order chi connectivity index (χ1) is 10.8. The lowest BCUT2D eigenvalue weighted by atomic mass is 9.90. The molecule has 0 radical (unpaired) electrons. The molecule has 0 aliphatic carbocycles. The molecule has 0 aromatic heterocycles. The van der Waals surface area contributed by atoms with Crippen molar-refractivity contribution >= 4 is 11.9 Å². The van der Waals surface area contributed by atoms with E-state index in [0.29, 0.717) is 26.1 Å². The number of nitrogens with one attached hydrogen (secondary N) is 1. The third-order valence-electron chi connectivity index (χ3n) is 4.24. The number of alkyl halides is 3. The van der Waals surface area contributed by atoms with Crippen molar-refractivity contribution < 1.29 is 27.5 Å². The molecule has 23 heavy (non-hydrogen) atoms. The van der Waals surface area contributed by atoms with Crippen molar-refractivity contribution in [2.45, 2.75) is 31.1 Å². The third kappa shape index (κ3) is 2.78. The van der Waals surface area contributed by atoms with Gasteiger partial charge in [-0.15, -0.1) is 0 Å². The predicted molar refractivity (Wildman–Crippen MR) is 73.3 cm³/mol. The van der Waals surface area contributed by atoms with Gasteiger partial charge in [0.1, 0.15) is 5.54 Å². The topological polar surface area (TPSA) is 58.6 Å². The summed E-state index contributed by atoms with van der Waals surface area (Å²) in [5.41, 5.74) is -1.98. The van der Waals surface area contributed by atoms with Crippen LogP contribution < -0.4 is 5.32 Å². The van der Waals surface area contributed by atoms with Gasteiger partial charge in [0.15, 0.2) is 0 Å². The highest BCUT2D eigenvalue weighted by Gasteiger charge is 2.52. The Labute approximate surface area is 130 Å². The van der Waals surface area contributed by atoms with Crippen LogP contribution in [0.5, 0.6) is 0 Å². The van der Waals surface area contributed by atoms with Gasteiger partial charge >= 0.3 is 12.2 Å². The normalized spacial score (nSPS) is 20.9. The smallest absolute Gasteiger partial charge is 0.381 e. The van der Waals surface area contributed by atoms with Crippen LogP contribution in [0, 0.1) is 0 Å². The van der Waals surface area contributed by atoms with E-state index < -0.39 is 35.8 Å². The number of carbonyl (C=O) groups excluding carboxylic acids is 2. The Morgan fingerprint density at radius 3 is 2.48 bits per heavy atom. The van der Waals surface area contributed by atoms with E-state index in [2.05, 4.69) is 5.32 Å². The van der Waals surface area contributed by atoms with Gasteiger partial charge < -0.3 is 10.1 Å². The molecule has 124 valence electrons. The van der Waals surface area contributed by atoms with Gasteiger partial charge in [-0.25, -0.2) is 4.79 Å². The van der Waals surface area contributed by atoms with E-state index in [0.717, 1.165) is 11.0 Å². The number of hydrogen-bond donors (Lipinski definition) is 1. The van der Waals surface area contributed by atoms with E-state index >= 15 is 0 Å². The van der Waals surface area contributed by atoms with Crippen molar-refractivity contribution in [1.29, 1.82) is 0 Å². The van der Waals surface area contributed by atoms with Crippen LogP contribution in [0.25, 0.3) is 0 Å². The van der Waals surface area contributed by atoms with Crippen molar-refractivity contribution in [3.8, 4) is 0 Å². The zero-order valence-electron chi connectivity index (χ0n) is 12.2. The molecule has 1 aromatic carbocycles. The maximum atomic E-state index is 13.0. The highest BCUT2D eigenvalue weighted by molar-refractivity contribution is 6.07. The molecule has 2 heterocycles. The van der Waals surface area contributed by atoms with E-state index in [1.54, 1.807) is 0 Å². The van der Waals surface area contributed by atoms with Gasteiger partial charge in [0, 0.05) is 26.1 Å². The van der Waals surface area contributed by atoms with E-state index in [9.17, 15) is 22.8 Å². The number of amides is 3. The summed E-state index contributed by atoms with van der Waals surface area (Å²) < 4.78 is 44.3. The van der Waals surface area contributed by atoms with Crippen LogP contribution in [-0.2, 0) is 22.3 Å². The molecule has 0 saturated carbocycles. The fourth-order valence-corrected chi connectivity index (χ4v) is 2.98. The molecule has 2 fully saturated rings. The lowest BCUT2D eigenvalue weighted by Gasteiger charge is -2.30. The summed E-state index contributed by atoms with van der Waals surface area (Å²) in [7, 11) is 0. The molecular weight excluding hydrogens is 313 g/mol. The zero-order valence-corrected chi connectivity index (χ0v) is 12.2. The minimum Gasteiger partial charge on any atom is -0.381 e. The number of benzene rings is 1. The molecule has 2 aliphatic heterocycles. The molecule has 0 bridgehead atoms. The molecule has 1 N–H and O–H groups in total. The second-order valence-corrected chi connectivity index (χ2v) is 5.67. The number of nitrogens with zero attached hydrogens (tertiary/aromatic N) is 1. The van der Waals surface area contributed by atoms with Crippen LogP contribution in [0.4, 0.5) is 18.0 Å². The second kappa shape index (κ2) is 5.52. The SMILES string of the molecule is O=C1NC2(CCOCC2)C(=O)N1Cc1ccccc1C(F)(F)F. The Bertz CT molecular complexity index is 639. The summed E-state index contributed by atoms with van der Waals surface area (Å²) >= 11 is 0. The molecule has 3 rings (SSSR count). The van der Waals surface area contributed by atoms with Crippen LogP contribution in [0.3, 0.4) is 0 Å². The zero-order chi connectivity index (χ0) is 16.7. The van der Waals surface area contributed by atoms with Crippen molar-refractivity contribution in [2.75, 3.05) is 13.2 Å². The van der Waals surface area contributed by atoms with Crippen LogP contribution in [-0.4, -0.2) is 35.6 Å². The number of imide groups is 1. The third-order valence-corrected chi connectivity index (χ3v) is 4.24. The Kier molecular flexibility index (Phi) is 3.79. The van der Waals surface area contributed by atoms with Crippen molar-refractivity contribution in [3.63, 3.8) is 0 Å². The Morgan fingerprint density at radius 1 is 1.17 bits per heavy atom. The lowest BCUT2D eigenvalue weighted by Crippen LogP contribution is -2.51. The molecule has 1 aromatic rings. The number of carbonyl (C=O) groups is 2.